The number of hydrogen-bond donors (Lipinski definition) is 2. The van der Waals surface area contributed by atoms with E-state index in [0.717, 1.165) is 12.8 Å². The second-order valence-electron chi connectivity index (χ2n) is 6.19. The molecule has 1 fully saturated rings. The van der Waals surface area contributed by atoms with Crippen LogP contribution in [0.3, 0.4) is 0 Å². The molecule has 1 aliphatic rings. The standard InChI is InChI=1S/C16H26N2O/c1-16(2,19-3)10-9-15(18-17)14-11-13(14)12-7-5-4-6-8-12/h4-8,13-15,18H,9-11,17H2,1-3H3. The predicted octanol–water partition coefficient (Wildman–Crippen LogP) is 2.83. The molecule has 0 aromatic heterocycles. The number of nitrogens with one attached hydrogen (secondary N) is 1. The highest BCUT2D eigenvalue weighted by atomic mass is 16.5. The van der Waals surface area contributed by atoms with E-state index in [4.69, 9.17) is 10.6 Å². The molecule has 19 heavy (non-hydrogen) atoms. The van der Waals surface area contributed by atoms with E-state index in [1.165, 1.54) is 12.0 Å². The zero-order valence-corrected chi connectivity index (χ0v) is 12.2. The van der Waals surface area contributed by atoms with Crippen LogP contribution in [0, 0.1) is 5.92 Å². The molecule has 1 aromatic rings. The fourth-order valence-electron chi connectivity index (χ4n) is 2.77. The minimum atomic E-state index is -0.0633. The summed E-state index contributed by atoms with van der Waals surface area (Å²) in [4.78, 5) is 0. The van der Waals surface area contributed by atoms with Gasteiger partial charge < -0.3 is 4.74 Å². The monoisotopic (exact) mass is 262 g/mol. The fourth-order valence-corrected chi connectivity index (χ4v) is 2.77. The molecule has 0 aliphatic heterocycles. The fraction of sp³-hybridized carbons (Fsp3) is 0.625. The van der Waals surface area contributed by atoms with Crippen LogP contribution >= 0.6 is 0 Å². The Balaban J connectivity index is 1.87. The van der Waals surface area contributed by atoms with E-state index in [-0.39, 0.29) is 5.60 Å². The number of rotatable bonds is 7. The van der Waals surface area contributed by atoms with Crippen molar-refractivity contribution in [2.24, 2.45) is 11.8 Å². The molecule has 0 saturated heterocycles. The predicted molar refractivity (Wildman–Crippen MR) is 78.7 cm³/mol. The minimum Gasteiger partial charge on any atom is -0.379 e. The maximum atomic E-state index is 5.73. The van der Waals surface area contributed by atoms with E-state index in [2.05, 4.69) is 49.6 Å². The van der Waals surface area contributed by atoms with Crippen LogP contribution in [-0.4, -0.2) is 18.8 Å². The average molecular weight is 262 g/mol. The van der Waals surface area contributed by atoms with E-state index in [0.29, 0.717) is 17.9 Å². The number of ether oxygens (including phenoxy) is 1. The maximum absolute atomic E-state index is 5.73. The number of nitrogens with two attached hydrogens (primary N) is 1. The molecule has 0 amide bonds. The van der Waals surface area contributed by atoms with E-state index in [1.54, 1.807) is 7.11 Å². The van der Waals surface area contributed by atoms with Crippen LogP contribution in [-0.2, 0) is 4.74 Å². The third kappa shape index (κ3) is 3.78. The van der Waals surface area contributed by atoms with Crippen LogP contribution in [0.25, 0.3) is 0 Å². The first-order valence-electron chi connectivity index (χ1n) is 7.13. The molecule has 1 aliphatic carbocycles. The van der Waals surface area contributed by atoms with Crippen molar-refractivity contribution in [2.45, 2.75) is 50.7 Å². The van der Waals surface area contributed by atoms with Crippen LogP contribution in [0.2, 0.25) is 0 Å². The average Bonchev–Trinajstić information content (AvgIpc) is 3.21. The van der Waals surface area contributed by atoms with Gasteiger partial charge in [-0.25, -0.2) is 0 Å². The van der Waals surface area contributed by atoms with Crippen molar-refractivity contribution in [3.63, 3.8) is 0 Å². The van der Waals surface area contributed by atoms with E-state index >= 15 is 0 Å². The lowest BCUT2D eigenvalue weighted by Gasteiger charge is -2.26. The summed E-state index contributed by atoms with van der Waals surface area (Å²) in [6.07, 6.45) is 3.33. The Morgan fingerprint density at radius 2 is 2.05 bits per heavy atom. The van der Waals surface area contributed by atoms with Gasteiger partial charge in [-0.05, 0) is 50.5 Å². The van der Waals surface area contributed by atoms with Gasteiger partial charge in [-0.15, -0.1) is 0 Å². The summed E-state index contributed by atoms with van der Waals surface area (Å²) < 4.78 is 5.48. The molecule has 106 valence electrons. The van der Waals surface area contributed by atoms with E-state index < -0.39 is 0 Å². The lowest BCUT2D eigenvalue weighted by molar-refractivity contribution is 0.0111. The number of benzene rings is 1. The molecule has 2 rings (SSSR count). The van der Waals surface area contributed by atoms with Crippen molar-refractivity contribution >= 4 is 0 Å². The van der Waals surface area contributed by atoms with Gasteiger partial charge in [-0.1, -0.05) is 30.3 Å². The zero-order chi connectivity index (χ0) is 13.9. The Labute approximate surface area is 116 Å². The van der Waals surface area contributed by atoms with Crippen molar-refractivity contribution in [1.82, 2.24) is 5.43 Å². The lowest BCUT2D eigenvalue weighted by atomic mass is 9.95. The largest absolute Gasteiger partial charge is 0.379 e. The minimum absolute atomic E-state index is 0.0633. The molecule has 1 saturated carbocycles. The Bertz CT molecular complexity index is 391. The maximum Gasteiger partial charge on any atom is 0.0623 e. The SMILES string of the molecule is COC(C)(C)CCC(NN)C1CC1c1ccccc1. The van der Waals surface area contributed by atoms with Gasteiger partial charge in [0.1, 0.15) is 0 Å². The summed E-state index contributed by atoms with van der Waals surface area (Å²) in [6.45, 7) is 4.25. The van der Waals surface area contributed by atoms with E-state index in [1.807, 2.05) is 0 Å². The molecule has 3 unspecified atom stereocenters. The van der Waals surface area contributed by atoms with Gasteiger partial charge in [0.25, 0.3) is 0 Å². The highest BCUT2D eigenvalue weighted by Gasteiger charge is 2.43. The van der Waals surface area contributed by atoms with Crippen molar-refractivity contribution in [2.75, 3.05) is 7.11 Å². The Hall–Kier alpha value is -0.900. The first kappa shape index (κ1) is 14.5. The smallest absolute Gasteiger partial charge is 0.0623 e. The van der Waals surface area contributed by atoms with Gasteiger partial charge >= 0.3 is 0 Å². The van der Waals surface area contributed by atoms with Gasteiger partial charge in [0.05, 0.1) is 5.60 Å². The third-order valence-corrected chi connectivity index (χ3v) is 4.41. The van der Waals surface area contributed by atoms with Crippen molar-refractivity contribution < 1.29 is 4.74 Å². The van der Waals surface area contributed by atoms with Crippen molar-refractivity contribution in [3.8, 4) is 0 Å². The van der Waals surface area contributed by atoms with Crippen molar-refractivity contribution in [3.05, 3.63) is 35.9 Å². The first-order chi connectivity index (χ1) is 9.07. The van der Waals surface area contributed by atoms with Gasteiger partial charge in [-0.2, -0.15) is 0 Å². The van der Waals surface area contributed by atoms with Gasteiger partial charge in [0.15, 0.2) is 0 Å². The molecule has 0 radical (unpaired) electrons. The number of methoxy groups -OCH3 is 1. The van der Waals surface area contributed by atoms with Crippen LogP contribution in [0.4, 0.5) is 0 Å². The quantitative estimate of drug-likeness (QED) is 0.587. The van der Waals surface area contributed by atoms with Gasteiger partial charge in [0, 0.05) is 13.2 Å². The molecule has 0 bridgehead atoms. The molecular formula is C16H26N2O. The van der Waals surface area contributed by atoms with Crippen LogP contribution < -0.4 is 11.3 Å². The van der Waals surface area contributed by atoms with Crippen LogP contribution in [0.5, 0.6) is 0 Å². The number of hydrazine groups is 1. The molecular weight excluding hydrogens is 236 g/mol. The van der Waals surface area contributed by atoms with E-state index in [9.17, 15) is 0 Å². The van der Waals surface area contributed by atoms with Crippen LogP contribution in [0.1, 0.15) is 44.6 Å². The summed E-state index contributed by atoms with van der Waals surface area (Å²) in [5.41, 5.74) is 4.38. The first-order valence-corrected chi connectivity index (χ1v) is 7.13. The Morgan fingerprint density at radius 1 is 1.37 bits per heavy atom. The molecule has 3 heteroatoms. The Morgan fingerprint density at radius 3 is 2.63 bits per heavy atom. The molecule has 3 nitrogen and oxygen atoms in total. The molecule has 0 heterocycles. The number of hydrogen-bond acceptors (Lipinski definition) is 3. The second-order valence-corrected chi connectivity index (χ2v) is 6.19. The second kappa shape index (κ2) is 6.04. The Kier molecular flexibility index (Phi) is 4.61. The molecule has 1 aromatic carbocycles. The lowest BCUT2D eigenvalue weighted by Crippen LogP contribution is -2.39. The highest BCUT2D eigenvalue weighted by Crippen LogP contribution is 2.50. The summed E-state index contributed by atoms with van der Waals surface area (Å²) in [5.74, 6) is 7.07. The van der Waals surface area contributed by atoms with Crippen molar-refractivity contribution in [1.29, 1.82) is 0 Å². The van der Waals surface area contributed by atoms with Gasteiger partial charge in [0.2, 0.25) is 0 Å². The zero-order valence-electron chi connectivity index (χ0n) is 12.2. The molecule has 0 spiro atoms. The summed E-state index contributed by atoms with van der Waals surface area (Å²) in [7, 11) is 1.77. The van der Waals surface area contributed by atoms with Gasteiger partial charge in [-0.3, -0.25) is 11.3 Å². The highest BCUT2D eigenvalue weighted by molar-refractivity contribution is 5.26. The van der Waals surface area contributed by atoms with Crippen LogP contribution in [0.15, 0.2) is 30.3 Å². The topological polar surface area (TPSA) is 47.3 Å². The summed E-state index contributed by atoms with van der Waals surface area (Å²) in [6, 6.07) is 11.1. The summed E-state index contributed by atoms with van der Waals surface area (Å²) >= 11 is 0. The normalized spacial score (nSPS) is 24.2. The summed E-state index contributed by atoms with van der Waals surface area (Å²) in [5, 5.41) is 0. The molecule has 3 N–H and O–H groups in total. The third-order valence-electron chi connectivity index (χ3n) is 4.41. The molecule has 3 atom stereocenters.